The molecule has 0 fully saturated rings. The van der Waals surface area contributed by atoms with Crippen molar-refractivity contribution in [3.8, 4) is 11.1 Å². The molecule has 6 rings (SSSR count). The van der Waals surface area contributed by atoms with E-state index in [2.05, 4.69) is 165 Å². The molecule has 2 aliphatic rings. The first-order valence-corrected chi connectivity index (χ1v) is 20.0. The van der Waals surface area contributed by atoms with Crippen molar-refractivity contribution < 1.29 is 21.3 Å². The third-order valence-electron chi connectivity index (χ3n) is 9.43. The van der Waals surface area contributed by atoms with E-state index in [1.807, 2.05) is 0 Å². The molecule has 0 heterocycles. The number of hydrogen-bond acceptors (Lipinski definition) is 0. The summed E-state index contributed by atoms with van der Waals surface area (Å²) in [4.78, 5) is 0. The molecule has 44 heavy (non-hydrogen) atoms. The minimum atomic E-state index is -2.83. The fraction of sp³-hybridized carbons (Fsp3) is 0.326. The van der Waals surface area contributed by atoms with Crippen LogP contribution in [0, 0.1) is 5.41 Å². The average Bonchev–Trinajstić information content (AvgIpc) is 3.61. The van der Waals surface area contributed by atoms with Crippen molar-refractivity contribution in [2.45, 2.75) is 86.0 Å². The van der Waals surface area contributed by atoms with Crippen molar-refractivity contribution in [3.63, 3.8) is 0 Å². The molecule has 0 radical (unpaired) electrons. The van der Waals surface area contributed by atoms with Crippen LogP contribution >= 0.6 is 0 Å². The Kier molecular flexibility index (Phi) is 8.12. The van der Waals surface area contributed by atoms with Gasteiger partial charge in [0.25, 0.3) is 0 Å². The van der Waals surface area contributed by atoms with Gasteiger partial charge in [-0.1, -0.05) is 0 Å². The van der Waals surface area contributed by atoms with Gasteiger partial charge in [-0.3, -0.25) is 0 Å². The molecule has 0 unspecified atom stereocenters. The van der Waals surface area contributed by atoms with Crippen LogP contribution in [0.25, 0.3) is 11.1 Å². The molecule has 0 saturated carbocycles. The monoisotopic (exact) mass is 654 g/mol. The Labute approximate surface area is 274 Å². The Hall–Kier alpha value is -2.89. The van der Waals surface area contributed by atoms with Crippen LogP contribution in [0.3, 0.4) is 0 Å². The molecule has 0 bridgehead atoms. The molecular weight excluding hydrogens is 608 g/mol. The van der Waals surface area contributed by atoms with E-state index in [4.69, 9.17) is 0 Å². The summed E-state index contributed by atoms with van der Waals surface area (Å²) in [5.74, 6) is 0. The van der Waals surface area contributed by atoms with Crippen LogP contribution in [0.4, 0.5) is 0 Å². The maximum absolute atomic E-state index is 2.83. The Bertz CT molecular complexity index is 1770. The molecule has 0 saturated heterocycles. The van der Waals surface area contributed by atoms with Crippen LogP contribution in [0.5, 0.6) is 0 Å². The summed E-state index contributed by atoms with van der Waals surface area (Å²) in [6.45, 7) is 21.4. The second-order valence-corrected chi connectivity index (χ2v) is 21.7. The van der Waals surface area contributed by atoms with Gasteiger partial charge in [0.15, 0.2) is 0 Å². The average molecular weight is 656 g/mol. The van der Waals surface area contributed by atoms with Gasteiger partial charge in [-0.05, 0) is 0 Å². The van der Waals surface area contributed by atoms with Crippen molar-refractivity contribution in [3.05, 3.63) is 145 Å². The molecule has 0 aliphatic heterocycles. The molecule has 0 amide bonds. The Morgan fingerprint density at radius 2 is 1.20 bits per heavy atom. The molecule has 1 heteroatoms. The Balaban J connectivity index is 1.73. The fourth-order valence-corrected chi connectivity index (χ4v) is 16.0. The van der Waals surface area contributed by atoms with Gasteiger partial charge < -0.3 is 0 Å². The summed E-state index contributed by atoms with van der Waals surface area (Å²) in [5.41, 5.74) is 13.6. The van der Waals surface area contributed by atoms with Crippen molar-refractivity contribution >= 4 is 6.48 Å². The summed E-state index contributed by atoms with van der Waals surface area (Å²) in [6.07, 6.45) is 7.26. The van der Waals surface area contributed by atoms with Gasteiger partial charge >= 0.3 is 276 Å². The normalized spacial score (nSPS) is 14.6. The predicted octanol–water partition coefficient (Wildman–Crippen LogP) is 10.6. The van der Waals surface area contributed by atoms with Gasteiger partial charge in [-0.15, -0.1) is 0 Å². The second kappa shape index (κ2) is 11.5. The molecule has 0 aromatic heterocycles. The van der Waals surface area contributed by atoms with E-state index in [9.17, 15) is 0 Å². The molecule has 2 aliphatic carbocycles. The van der Waals surface area contributed by atoms with Crippen LogP contribution in [-0.4, -0.2) is 3.21 Å². The number of benzene rings is 4. The summed E-state index contributed by atoms with van der Waals surface area (Å²) in [6, 6.07) is 34.9. The number of hydrogen-bond donors (Lipinski definition) is 0. The van der Waals surface area contributed by atoms with E-state index >= 15 is 0 Å². The molecule has 0 N–H and O–H groups in total. The third-order valence-corrected chi connectivity index (χ3v) is 17.1. The van der Waals surface area contributed by atoms with Crippen LogP contribution in [-0.2, 0) is 38.5 Å². The zero-order chi connectivity index (χ0) is 31.4. The van der Waals surface area contributed by atoms with E-state index in [0.29, 0.717) is 0 Å². The van der Waals surface area contributed by atoms with E-state index in [-0.39, 0.29) is 16.2 Å². The standard InChI is InChI=1S/C21H25.C13H10.C9H13.Zr/c1-20(2,3)16-7-9-18-14(12-16)11-15-13-17(21(4,5)6)8-10-19(15)18;1-3-7-12(8-4-1)11-13-9-5-2-6-10-13;1-9(2,3)8-6-4-5-7-8;/h7-10,12H,11H2,1-6H3;1-10H;6-7H,4H2,1-3H3;. The molecule has 0 atom stereocenters. The van der Waals surface area contributed by atoms with Gasteiger partial charge in [0.1, 0.15) is 0 Å². The number of fused-ring (bicyclic) bond motifs is 3. The maximum atomic E-state index is 2.63. The third kappa shape index (κ3) is 5.90. The first-order chi connectivity index (χ1) is 20.7. The van der Waals surface area contributed by atoms with Crippen LogP contribution in [0.2, 0.25) is 0 Å². The van der Waals surface area contributed by atoms with Gasteiger partial charge in [0, 0.05) is 0 Å². The summed E-state index contributed by atoms with van der Waals surface area (Å²) in [5, 5.41) is 0. The SMILES string of the molecule is CC(C)(C)C1=CC[C]([Zr](=[C](c2ccccc2)c2ccccc2)[c]2c(C(C)(C)C)ccc3c2Cc2cc(C(C)(C)C)ccc2-3)=C1. The molecule has 4 aromatic carbocycles. The van der Waals surface area contributed by atoms with Gasteiger partial charge in [0.2, 0.25) is 0 Å². The van der Waals surface area contributed by atoms with E-state index in [0.717, 1.165) is 12.8 Å². The Morgan fingerprint density at radius 3 is 1.73 bits per heavy atom. The molecular formula is C43H48Zr. The number of rotatable bonds is 4. The molecule has 0 spiro atoms. The van der Waals surface area contributed by atoms with Crippen LogP contribution in [0.15, 0.2) is 112 Å². The molecule has 0 nitrogen and oxygen atoms in total. The predicted molar refractivity (Wildman–Crippen MR) is 188 cm³/mol. The van der Waals surface area contributed by atoms with Crippen molar-refractivity contribution in [2.75, 3.05) is 0 Å². The first-order valence-electron chi connectivity index (χ1n) is 16.3. The minimum absolute atomic E-state index is 0.0411. The van der Waals surface area contributed by atoms with Gasteiger partial charge in [-0.2, -0.15) is 0 Å². The first kappa shape index (κ1) is 31.1. The Morgan fingerprint density at radius 1 is 0.614 bits per heavy atom. The second-order valence-electron chi connectivity index (χ2n) is 15.8. The van der Waals surface area contributed by atoms with Crippen molar-refractivity contribution in [1.29, 1.82) is 0 Å². The van der Waals surface area contributed by atoms with Crippen molar-refractivity contribution in [2.24, 2.45) is 5.41 Å². The van der Waals surface area contributed by atoms with Crippen LogP contribution in [0.1, 0.15) is 102 Å². The molecule has 224 valence electrons. The quantitative estimate of drug-likeness (QED) is 0.181. The van der Waals surface area contributed by atoms with Crippen molar-refractivity contribution in [1.82, 2.24) is 0 Å². The van der Waals surface area contributed by atoms with Gasteiger partial charge in [0.05, 0.1) is 0 Å². The fourth-order valence-electron chi connectivity index (χ4n) is 6.99. The summed E-state index contributed by atoms with van der Waals surface area (Å²) >= 11 is -2.83. The molecule has 4 aromatic rings. The van der Waals surface area contributed by atoms with E-state index < -0.39 is 21.3 Å². The summed E-state index contributed by atoms with van der Waals surface area (Å²) in [7, 11) is 0. The zero-order valence-corrected chi connectivity index (χ0v) is 30.7. The summed E-state index contributed by atoms with van der Waals surface area (Å²) < 4.78 is 5.02. The van der Waals surface area contributed by atoms with E-state index in [1.54, 1.807) is 20.9 Å². The van der Waals surface area contributed by atoms with Crippen LogP contribution < -0.4 is 3.27 Å². The van der Waals surface area contributed by atoms with Gasteiger partial charge in [-0.25, -0.2) is 0 Å². The van der Waals surface area contributed by atoms with E-state index in [1.165, 1.54) is 39.0 Å². The zero-order valence-electron chi connectivity index (χ0n) is 28.2. The number of allylic oxidation sites excluding steroid dienone is 4. The topological polar surface area (TPSA) is 0 Å².